The summed E-state index contributed by atoms with van der Waals surface area (Å²) in [7, 11) is 0. The Labute approximate surface area is 91.3 Å². The summed E-state index contributed by atoms with van der Waals surface area (Å²) in [6, 6.07) is 2.54. The lowest BCUT2D eigenvalue weighted by Crippen LogP contribution is -1.97. The first kappa shape index (κ1) is 11.8. The molecule has 0 spiro atoms. The first-order valence-electron chi connectivity index (χ1n) is 4.40. The van der Waals surface area contributed by atoms with Gasteiger partial charge in [-0.15, -0.1) is 0 Å². The van der Waals surface area contributed by atoms with Crippen LogP contribution >= 0.6 is 0 Å². The molecule has 5 heteroatoms. The molecule has 0 aromatic heterocycles. The van der Waals surface area contributed by atoms with Gasteiger partial charge in [-0.05, 0) is 24.6 Å². The molecule has 16 heavy (non-hydrogen) atoms. The number of ketones is 1. The van der Waals surface area contributed by atoms with Crippen LogP contribution in [0.25, 0.3) is 6.08 Å². The summed E-state index contributed by atoms with van der Waals surface area (Å²) in [5, 5.41) is 27.1. The number of carbonyl (C=O) groups excluding carboxylic acids is 1. The topological polar surface area (TPSA) is 94.8 Å². The van der Waals surface area contributed by atoms with E-state index >= 15 is 0 Å². The van der Waals surface area contributed by atoms with Crippen molar-refractivity contribution in [2.75, 3.05) is 0 Å². The van der Waals surface area contributed by atoms with E-state index in [4.69, 9.17) is 5.11 Å². The molecule has 84 valence electrons. The Morgan fingerprint density at radius 2 is 1.88 bits per heavy atom. The number of phenols is 2. The molecule has 0 heterocycles. The van der Waals surface area contributed by atoms with Crippen molar-refractivity contribution >= 4 is 17.8 Å². The van der Waals surface area contributed by atoms with Gasteiger partial charge in [0.15, 0.2) is 17.3 Å². The highest BCUT2D eigenvalue weighted by Gasteiger charge is 2.14. The van der Waals surface area contributed by atoms with Crippen molar-refractivity contribution in [3.05, 3.63) is 29.3 Å². The molecule has 0 saturated carbocycles. The van der Waals surface area contributed by atoms with E-state index in [1.165, 1.54) is 25.1 Å². The monoisotopic (exact) mass is 222 g/mol. The SMILES string of the molecule is CC(=O)c1c(C=CC(=O)O)ccc(O)c1O. The number of benzene rings is 1. The van der Waals surface area contributed by atoms with Gasteiger partial charge in [0.25, 0.3) is 0 Å². The van der Waals surface area contributed by atoms with Crippen LogP contribution in [-0.4, -0.2) is 27.1 Å². The van der Waals surface area contributed by atoms with Crippen LogP contribution in [0.1, 0.15) is 22.8 Å². The fourth-order valence-corrected chi connectivity index (χ4v) is 1.27. The molecule has 0 aliphatic heterocycles. The third kappa shape index (κ3) is 2.38. The lowest BCUT2D eigenvalue weighted by Gasteiger charge is -2.06. The molecule has 1 aromatic carbocycles. The summed E-state index contributed by atoms with van der Waals surface area (Å²) in [4.78, 5) is 21.6. The van der Waals surface area contributed by atoms with E-state index in [-0.39, 0.29) is 11.1 Å². The van der Waals surface area contributed by atoms with E-state index in [1.54, 1.807) is 0 Å². The highest BCUT2D eigenvalue weighted by atomic mass is 16.4. The smallest absolute Gasteiger partial charge is 0.328 e. The molecular weight excluding hydrogens is 212 g/mol. The molecule has 0 saturated heterocycles. The van der Waals surface area contributed by atoms with Gasteiger partial charge in [0, 0.05) is 6.08 Å². The van der Waals surface area contributed by atoms with E-state index in [0.717, 1.165) is 6.08 Å². The summed E-state index contributed by atoms with van der Waals surface area (Å²) < 4.78 is 0. The number of hydrogen-bond donors (Lipinski definition) is 3. The zero-order valence-electron chi connectivity index (χ0n) is 8.47. The van der Waals surface area contributed by atoms with Gasteiger partial charge in [0.2, 0.25) is 0 Å². The number of Topliss-reactive ketones (excluding diaryl/α,β-unsaturated/α-hetero) is 1. The molecule has 1 rings (SSSR count). The molecule has 0 radical (unpaired) electrons. The quantitative estimate of drug-likeness (QED) is 0.408. The van der Waals surface area contributed by atoms with Gasteiger partial charge in [-0.2, -0.15) is 0 Å². The lowest BCUT2D eigenvalue weighted by molar-refractivity contribution is -0.131. The third-order valence-corrected chi connectivity index (χ3v) is 1.95. The van der Waals surface area contributed by atoms with Crippen LogP contribution in [0.2, 0.25) is 0 Å². The minimum absolute atomic E-state index is 0.0995. The normalized spacial score (nSPS) is 10.6. The summed E-state index contributed by atoms with van der Waals surface area (Å²) in [6.07, 6.45) is 2.02. The third-order valence-electron chi connectivity index (χ3n) is 1.95. The predicted octanol–water partition coefficient (Wildman–Crippen LogP) is 1.40. The van der Waals surface area contributed by atoms with E-state index in [9.17, 15) is 19.8 Å². The lowest BCUT2D eigenvalue weighted by atomic mass is 10.0. The van der Waals surface area contributed by atoms with Crippen molar-refractivity contribution in [1.29, 1.82) is 0 Å². The maximum Gasteiger partial charge on any atom is 0.328 e. The number of aromatic hydroxyl groups is 2. The Bertz CT molecular complexity index is 474. The van der Waals surface area contributed by atoms with E-state index in [2.05, 4.69) is 0 Å². The van der Waals surface area contributed by atoms with Crippen LogP contribution in [0.5, 0.6) is 11.5 Å². The Kier molecular flexibility index (Phi) is 3.30. The number of aliphatic carboxylic acids is 1. The number of carbonyl (C=O) groups is 2. The Morgan fingerprint density at radius 3 is 2.38 bits per heavy atom. The number of phenolic OH excluding ortho intramolecular Hbond substituents is 2. The van der Waals surface area contributed by atoms with Gasteiger partial charge in [-0.3, -0.25) is 4.79 Å². The van der Waals surface area contributed by atoms with Gasteiger partial charge in [-0.25, -0.2) is 4.79 Å². The molecule has 0 aliphatic rings. The summed E-state index contributed by atoms with van der Waals surface area (Å²) in [5.74, 6) is -2.58. The molecule has 1 aromatic rings. The fraction of sp³-hybridized carbons (Fsp3) is 0.0909. The zero-order chi connectivity index (χ0) is 12.3. The maximum atomic E-state index is 11.2. The Morgan fingerprint density at radius 1 is 1.25 bits per heavy atom. The molecule has 0 bridgehead atoms. The second-order valence-electron chi connectivity index (χ2n) is 3.13. The van der Waals surface area contributed by atoms with Crippen molar-refractivity contribution in [3.8, 4) is 11.5 Å². The van der Waals surface area contributed by atoms with Crippen LogP contribution in [-0.2, 0) is 4.79 Å². The van der Waals surface area contributed by atoms with Crippen LogP contribution < -0.4 is 0 Å². The highest BCUT2D eigenvalue weighted by Crippen LogP contribution is 2.32. The Hall–Kier alpha value is -2.30. The van der Waals surface area contributed by atoms with Crippen LogP contribution in [0.15, 0.2) is 18.2 Å². The standard InChI is InChI=1S/C11H10O5/c1-6(12)10-7(3-5-9(14)15)2-4-8(13)11(10)16/h2-5,13,16H,1H3,(H,14,15). The van der Waals surface area contributed by atoms with Crippen LogP contribution in [0.3, 0.4) is 0 Å². The van der Waals surface area contributed by atoms with Crippen molar-refractivity contribution in [3.63, 3.8) is 0 Å². The summed E-state index contributed by atoms with van der Waals surface area (Å²) in [6.45, 7) is 1.21. The molecule has 0 fully saturated rings. The molecular formula is C11H10O5. The van der Waals surface area contributed by atoms with Crippen molar-refractivity contribution in [2.24, 2.45) is 0 Å². The second-order valence-corrected chi connectivity index (χ2v) is 3.13. The van der Waals surface area contributed by atoms with Crippen molar-refractivity contribution in [2.45, 2.75) is 6.92 Å². The largest absolute Gasteiger partial charge is 0.504 e. The first-order chi connectivity index (χ1) is 7.43. The van der Waals surface area contributed by atoms with Gasteiger partial charge >= 0.3 is 5.97 Å². The Balaban J connectivity index is 3.34. The molecule has 5 nitrogen and oxygen atoms in total. The van der Waals surface area contributed by atoms with Crippen molar-refractivity contribution in [1.82, 2.24) is 0 Å². The van der Waals surface area contributed by atoms with Gasteiger partial charge in [0.05, 0.1) is 5.56 Å². The predicted molar refractivity (Wildman–Crippen MR) is 56.4 cm³/mol. The maximum absolute atomic E-state index is 11.2. The van der Waals surface area contributed by atoms with Gasteiger partial charge in [-0.1, -0.05) is 6.07 Å². The van der Waals surface area contributed by atoms with Crippen molar-refractivity contribution < 1.29 is 24.9 Å². The molecule has 3 N–H and O–H groups in total. The van der Waals surface area contributed by atoms with Crippen LogP contribution in [0, 0.1) is 0 Å². The van der Waals surface area contributed by atoms with E-state index < -0.39 is 23.3 Å². The van der Waals surface area contributed by atoms with Gasteiger partial charge in [0.1, 0.15) is 0 Å². The summed E-state index contributed by atoms with van der Waals surface area (Å²) >= 11 is 0. The minimum atomic E-state index is -1.16. The molecule has 0 amide bonds. The molecule has 0 unspecified atom stereocenters. The fourth-order valence-electron chi connectivity index (χ4n) is 1.27. The van der Waals surface area contributed by atoms with Crippen LogP contribution in [0.4, 0.5) is 0 Å². The van der Waals surface area contributed by atoms with Gasteiger partial charge < -0.3 is 15.3 Å². The van der Waals surface area contributed by atoms with E-state index in [1.807, 2.05) is 0 Å². The molecule has 0 atom stereocenters. The summed E-state index contributed by atoms with van der Waals surface area (Å²) in [5.41, 5.74) is 0.141. The number of carboxylic acid groups (broad SMARTS) is 1. The second kappa shape index (κ2) is 4.48. The minimum Gasteiger partial charge on any atom is -0.504 e. The number of rotatable bonds is 3. The average Bonchev–Trinajstić information content (AvgIpc) is 2.19. The number of carboxylic acids is 1. The number of hydrogen-bond acceptors (Lipinski definition) is 4. The molecule has 0 aliphatic carbocycles. The van der Waals surface area contributed by atoms with E-state index in [0.29, 0.717) is 0 Å². The average molecular weight is 222 g/mol. The first-order valence-corrected chi connectivity index (χ1v) is 4.40. The zero-order valence-corrected chi connectivity index (χ0v) is 8.47. The highest BCUT2D eigenvalue weighted by molar-refractivity contribution is 6.02.